The zero-order valence-electron chi connectivity index (χ0n) is 19.5. The van der Waals surface area contributed by atoms with Gasteiger partial charge in [-0.1, -0.05) is 11.6 Å². The molecule has 1 atom stereocenters. The Morgan fingerprint density at radius 1 is 1.20 bits per heavy atom. The number of anilines is 2. The van der Waals surface area contributed by atoms with Gasteiger partial charge in [-0.15, -0.1) is 0 Å². The van der Waals surface area contributed by atoms with Crippen LogP contribution in [0.1, 0.15) is 30.3 Å². The van der Waals surface area contributed by atoms with E-state index in [1.54, 1.807) is 0 Å². The van der Waals surface area contributed by atoms with E-state index in [4.69, 9.17) is 26.8 Å². The van der Waals surface area contributed by atoms with Crippen LogP contribution in [-0.2, 0) is 17.5 Å². The van der Waals surface area contributed by atoms with E-state index in [0.29, 0.717) is 43.1 Å². The Balaban J connectivity index is 2.08. The molecule has 3 aromatic rings. The molecule has 0 saturated heterocycles. The fourth-order valence-corrected chi connectivity index (χ4v) is 4.38. The first-order chi connectivity index (χ1) is 16.6. The molecular formula is C23H26ClF3N6O2. The first-order valence-electron chi connectivity index (χ1n) is 11.1. The normalized spacial score (nSPS) is 16.9. The number of hydrogen-bond donors (Lipinski definition) is 3. The third-order valence-electron chi connectivity index (χ3n) is 5.60. The number of hydrogen-bond acceptors (Lipinski definition) is 8. The molecule has 0 bridgehead atoms. The average Bonchev–Trinajstić information content (AvgIpc) is 2.79. The monoisotopic (exact) mass is 510 g/mol. The van der Waals surface area contributed by atoms with Gasteiger partial charge in [-0.2, -0.15) is 13.2 Å². The van der Waals surface area contributed by atoms with E-state index in [2.05, 4.69) is 25.6 Å². The molecule has 0 aliphatic carbocycles. The van der Waals surface area contributed by atoms with Crippen molar-refractivity contribution in [3.05, 3.63) is 34.1 Å². The molecular weight excluding hydrogens is 485 g/mol. The number of ether oxygens (including phenoxy) is 2. The maximum atomic E-state index is 14.1. The summed E-state index contributed by atoms with van der Waals surface area (Å²) in [5.41, 5.74) is 5.03. The Morgan fingerprint density at radius 3 is 2.69 bits per heavy atom. The van der Waals surface area contributed by atoms with Gasteiger partial charge in [0, 0.05) is 31.5 Å². The first-order valence-corrected chi connectivity index (χ1v) is 11.5. The molecule has 188 valence electrons. The van der Waals surface area contributed by atoms with Gasteiger partial charge in [-0.05, 0) is 44.5 Å². The summed E-state index contributed by atoms with van der Waals surface area (Å²) in [5, 5.41) is 6.86. The number of nitrogens with two attached hydrogens (primary N) is 1. The van der Waals surface area contributed by atoms with Gasteiger partial charge in [0.25, 0.3) is 0 Å². The number of nitrogen functional groups attached to an aromatic ring is 1. The van der Waals surface area contributed by atoms with Gasteiger partial charge in [-0.3, -0.25) is 0 Å². The molecule has 0 amide bonds. The van der Waals surface area contributed by atoms with Crippen molar-refractivity contribution in [2.24, 2.45) is 0 Å². The van der Waals surface area contributed by atoms with Crippen LogP contribution in [0.25, 0.3) is 22.2 Å². The Bertz CT molecular complexity index is 1250. The Morgan fingerprint density at radius 2 is 1.97 bits per heavy atom. The maximum Gasteiger partial charge on any atom is 0.417 e. The molecule has 0 fully saturated rings. The van der Waals surface area contributed by atoms with Crippen LogP contribution < -0.4 is 21.1 Å². The van der Waals surface area contributed by atoms with E-state index >= 15 is 0 Å². The van der Waals surface area contributed by atoms with Crippen molar-refractivity contribution in [1.82, 2.24) is 20.3 Å². The number of benzene rings is 1. The summed E-state index contributed by atoms with van der Waals surface area (Å²) in [4.78, 5) is 13.5. The van der Waals surface area contributed by atoms with Crippen LogP contribution in [0.2, 0.25) is 5.02 Å². The second kappa shape index (κ2) is 10.00. The summed E-state index contributed by atoms with van der Waals surface area (Å²) in [5.74, 6) is 0.811. The second-order valence-electron chi connectivity index (χ2n) is 8.38. The number of alkyl halides is 3. The van der Waals surface area contributed by atoms with Crippen LogP contribution in [0.5, 0.6) is 5.88 Å². The summed E-state index contributed by atoms with van der Waals surface area (Å²) in [6, 6.07) is 2.49. The Kier molecular flexibility index (Phi) is 7.20. The molecule has 2 aromatic heterocycles. The highest BCUT2D eigenvalue weighted by Crippen LogP contribution is 2.45. The van der Waals surface area contributed by atoms with Crippen LogP contribution in [0, 0.1) is 6.92 Å². The third kappa shape index (κ3) is 5.21. The SMILES string of the molecule is COCc1nc2c3c(nc(-c4cc(N)cc(C)c4C(F)(F)F)c(Cl)c3n1)OC(C)CCNCCN2. The fourth-order valence-electron chi connectivity index (χ4n) is 4.10. The number of rotatable bonds is 3. The predicted molar refractivity (Wildman–Crippen MR) is 129 cm³/mol. The zero-order chi connectivity index (χ0) is 25.3. The van der Waals surface area contributed by atoms with Crippen molar-refractivity contribution in [1.29, 1.82) is 0 Å². The topological polar surface area (TPSA) is 107 Å². The van der Waals surface area contributed by atoms with Crippen LogP contribution in [0.15, 0.2) is 12.1 Å². The minimum atomic E-state index is -4.66. The van der Waals surface area contributed by atoms with Gasteiger partial charge in [0.2, 0.25) is 5.88 Å². The van der Waals surface area contributed by atoms with Crippen molar-refractivity contribution in [3.63, 3.8) is 0 Å². The van der Waals surface area contributed by atoms with Crippen molar-refractivity contribution in [2.45, 2.75) is 39.2 Å². The quantitative estimate of drug-likeness (QED) is 0.440. The number of pyridine rings is 1. The first kappa shape index (κ1) is 25.2. The van der Waals surface area contributed by atoms with Crippen molar-refractivity contribution < 1.29 is 22.6 Å². The lowest BCUT2D eigenvalue weighted by Gasteiger charge is -2.21. The van der Waals surface area contributed by atoms with Gasteiger partial charge < -0.3 is 25.8 Å². The molecule has 1 aromatic carbocycles. The summed E-state index contributed by atoms with van der Waals surface area (Å²) in [6.45, 7) is 5.19. The van der Waals surface area contributed by atoms with Gasteiger partial charge in [0.1, 0.15) is 23.3 Å². The van der Waals surface area contributed by atoms with Gasteiger partial charge >= 0.3 is 6.18 Å². The Hall–Kier alpha value is -2.89. The molecule has 1 aliphatic heterocycles. The summed E-state index contributed by atoms with van der Waals surface area (Å²) in [7, 11) is 1.49. The van der Waals surface area contributed by atoms with Gasteiger partial charge in [0.05, 0.1) is 22.4 Å². The summed E-state index contributed by atoms with van der Waals surface area (Å²) in [6.07, 6.45) is -4.29. The maximum absolute atomic E-state index is 14.1. The van der Waals surface area contributed by atoms with Crippen LogP contribution in [-0.4, -0.2) is 47.8 Å². The third-order valence-corrected chi connectivity index (χ3v) is 5.96. The molecule has 1 unspecified atom stereocenters. The predicted octanol–water partition coefficient (Wildman–Crippen LogP) is 4.57. The second-order valence-corrected chi connectivity index (χ2v) is 8.75. The Labute approximate surface area is 205 Å². The van der Waals surface area contributed by atoms with Crippen molar-refractivity contribution >= 4 is 34.0 Å². The lowest BCUT2D eigenvalue weighted by molar-refractivity contribution is -0.137. The average molecular weight is 511 g/mol. The molecule has 35 heavy (non-hydrogen) atoms. The number of methoxy groups -OCH3 is 1. The van der Waals surface area contributed by atoms with E-state index in [1.165, 1.54) is 26.2 Å². The molecule has 0 saturated carbocycles. The van der Waals surface area contributed by atoms with Gasteiger partial charge in [0.15, 0.2) is 5.82 Å². The lowest BCUT2D eigenvalue weighted by atomic mass is 9.97. The minimum absolute atomic E-state index is 0.0385. The number of nitrogens with one attached hydrogen (secondary N) is 2. The van der Waals surface area contributed by atoms with Crippen LogP contribution in [0.3, 0.4) is 0 Å². The number of halogens is 4. The molecule has 0 radical (unpaired) electrons. The van der Waals surface area contributed by atoms with E-state index in [9.17, 15) is 13.2 Å². The van der Waals surface area contributed by atoms with Crippen molar-refractivity contribution in [3.8, 4) is 17.1 Å². The minimum Gasteiger partial charge on any atom is -0.474 e. The molecule has 3 heterocycles. The number of aromatic nitrogens is 3. The summed E-state index contributed by atoms with van der Waals surface area (Å²) < 4.78 is 53.7. The fraction of sp³-hybridized carbons (Fsp3) is 0.435. The largest absolute Gasteiger partial charge is 0.474 e. The highest BCUT2D eigenvalue weighted by atomic mass is 35.5. The summed E-state index contributed by atoms with van der Waals surface area (Å²) >= 11 is 6.74. The molecule has 1 aliphatic rings. The van der Waals surface area contributed by atoms with E-state index in [-0.39, 0.29) is 51.6 Å². The molecule has 8 nitrogen and oxygen atoms in total. The lowest BCUT2D eigenvalue weighted by Crippen LogP contribution is -2.26. The van der Waals surface area contributed by atoms with E-state index in [1.807, 2.05) is 6.92 Å². The molecule has 0 spiro atoms. The standard InChI is InChI=1S/C23H26ClF3N6O2/c1-11-8-13(28)9-14(17(11)23(25,26)27)19-18(24)20-16-21(32-15(31-20)10-34-3)30-7-6-29-5-4-12(2)35-22(16)33-19/h8-9,12,29H,4-7,10,28H2,1-3H3,(H,30,31,32). The van der Waals surface area contributed by atoms with Crippen molar-refractivity contribution in [2.75, 3.05) is 37.8 Å². The number of aryl methyl sites for hydroxylation is 1. The highest BCUT2D eigenvalue weighted by Gasteiger charge is 2.37. The van der Waals surface area contributed by atoms with Crippen LogP contribution >= 0.6 is 11.6 Å². The highest BCUT2D eigenvalue weighted by molar-refractivity contribution is 6.38. The van der Waals surface area contributed by atoms with E-state index < -0.39 is 11.7 Å². The zero-order valence-corrected chi connectivity index (χ0v) is 20.3. The van der Waals surface area contributed by atoms with E-state index in [0.717, 1.165) is 0 Å². The molecule has 4 rings (SSSR count). The number of nitrogens with zero attached hydrogens (tertiary/aromatic N) is 3. The van der Waals surface area contributed by atoms with Crippen LogP contribution in [0.4, 0.5) is 24.7 Å². The molecule has 4 N–H and O–H groups in total. The molecule has 12 heteroatoms. The van der Waals surface area contributed by atoms with Gasteiger partial charge in [-0.25, -0.2) is 15.0 Å². The smallest absolute Gasteiger partial charge is 0.417 e.